The van der Waals surface area contributed by atoms with Gasteiger partial charge in [0, 0.05) is 5.02 Å². The first-order valence-corrected chi connectivity index (χ1v) is 6.47. The van der Waals surface area contributed by atoms with E-state index in [0.29, 0.717) is 0 Å². The molecule has 0 aromatic heterocycles. The summed E-state index contributed by atoms with van der Waals surface area (Å²) >= 11 is 5.71. The van der Waals surface area contributed by atoms with Crippen molar-refractivity contribution in [3.05, 3.63) is 34.6 Å². The Morgan fingerprint density at radius 1 is 1.35 bits per heavy atom. The highest BCUT2D eigenvalue weighted by Crippen LogP contribution is 2.15. The Balaban J connectivity index is 2.75. The first-order valence-electron chi connectivity index (χ1n) is 6.09. The highest BCUT2D eigenvalue weighted by Gasteiger charge is 2.24. The maximum absolute atomic E-state index is 13.5. The first-order chi connectivity index (χ1) is 9.10. The standard InChI is InChI=1S/C14H17ClFNO3/c1-8(13(19)20-14(2,3)4)17-12(18)10-7-9(15)5-6-11(10)16/h5-8H,1-4H3,(H,17,18)/t8-/m1/s1. The fourth-order valence-corrected chi connectivity index (χ4v) is 1.57. The molecule has 0 heterocycles. The number of esters is 1. The molecule has 0 aliphatic carbocycles. The highest BCUT2D eigenvalue weighted by molar-refractivity contribution is 6.31. The molecule has 1 atom stereocenters. The molecule has 1 aromatic rings. The number of hydrogen-bond donors (Lipinski definition) is 1. The van der Waals surface area contributed by atoms with Crippen molar-refractivity contribution in [2.24, 2.45) is 0 Å². The van der Waals surface area contributed by atoms with Gasteiger partial charge in [-0.3, -0.25) is 4.79 Å². The Hall–Kier alpha value is -1.62. The minimum absolute atomic E-state index is 0.215. The first kappa shape index (κ1) is 16.4. The molecule has 0 radical (unpaired) electrons. The number of carbonyl (C=O) groups is 2. The van der Waals surface area contributed by atoms with Gasteiger partial charge in [0.25, 0.3) is 5.91 Å². The number of amides is 1. The van der Waals surface area contributed by atoms with Crippen molar-refractivity contribution in [1.29, 1.82) is 0 Å². The quantitative estimate of drug-likeness (QED) is 0.873. The third kappa shape index (κ3) is 4.81. The number of carbonyl (C=O) groups excluding carboxylic acids is 2. The zero-order chi connectivity index (χ0) is 15.5. The van der Waals surface area contributed by atoms with Crippen molar-refractivity contribution in [2.75, 3.05) is 0 Å². The number of benzene rings is 1. The van der Waals surface area contributed by atoms with E-state index in [1.165, 1.54) is 19.1 Å². The second-order valence-electron chi connectivity index (χ2n) is 5.35. The molecule has 1 aromatic carbocycles. The molecule has 0 saturated carbocycles. The molecule has 20 heavy (non-hydrogen) atoms. The topological polar surface area (TPSA) is 55.4 Å². The van der Waals surface area contributed by atoms with Crippen LogP contribution in [0.25, 0.3) is 0 Å². The fraction of sp³-hybridized carbons (Fsp3) is 0.429. The molecule has 0 spiro atoms. The summed E-state index contributed by atoms with van der Waals surface area (Å²) in [6.45, 7) is 6.62. The van der Waals surface area contributed by atoms with Crippen LogP contribution >= 0.6 is 11.6 Å². The van der Waals surface area contributed by atoms with E-state index in [1.54, 1.807) is 20.8 Å². The number of ether oxygens (including phenoxy) is 1. The maximum Gasteiger partial charge on any atom is 0.328 e. The van der Waals surface area contributed by atoms with Crippen LogP contribution in [0.3, 0.4) is 0 Å². The second kappa shape index (κ2) is 6.22. The van der Waals surface area contributed by atoms with Crippen LogP contribution in [-0.4, -0.2) is 23.5 Å². The van der Waals surface area contributed by atoms with Crippen LogP contribution in [0.5, 0.6) is 0 Å². The van der Waals surface area contributed by atoms with E-state index >= 15 is 0 Å². The summed E-state index contributed by atoms with van der Waals surface area (Å²) in [4.78, 5) is 23.6. The van der Waals surface area contributed by atoms with E-state index in [0.717, 1.165) is 6.07 Å². The van der Waals surface area contributed by atoms with Gasteiger partial charge >= 0.3 is 5.97 Å². The van der Waals surface area contributed by atoms with Crippen LogP contribution in [-0.2, 0) is 9.53 Å². The molecule has 0 aliphatic rings. The molecule has 0 bridgehead atoms. The predicted octanol–water partition coefficient (Wildman–Crippen LogP) is 2.94. The molecule has 1 amide bonds. The molecule has 1 N–H and O–H groups in total. The fourth-order valence-electron chi connectivity index (χ4n) is 1.39. The summed E-state index contributed by atoms with van der Waals surface area (Å²) in [7, 11) is 0. The Bertz CT molecular complexity index is 526. The Kier molecular flexibility index (Phi) is 5.11. The highest BCUT2D eigenvalue weighted by atomic mass is 35.5. The Morgan fingerprint density at radius 2 is 1.95 bits per heavy atom. The number of rotatable bonds is 3. The van der Waals surface area contributed by atoms with Crippen molar-refractivity contribution in [3.63, 3.8) is 0 Å². The van der Waals surface area contributed by atoms with Crippen molar-refractivity contribution in [1.82, 2.24) is 5.32 Å². The van der Waals surface area contributed by atoms with E-state index in [-0.39, 0.29) is 10.6 Å². The van der Waals surface area contributed by atoms with Gasteiger partial charge in [0.1, 0.15) is 17.5 Å². The lowest BCUT2D eigenvalue weighted by Crippen LogP contribution is -2.42. The zero-order valence-corrected chi connectivity index (χ0v) is 12.5. The van der Waals surface area contributed by atoms with Crippen molar-refractivity contribution >= 4 is 23.5 Å². The molecule has 0 fully saturated rings. The van der Waals surface area contributed by atoms with Crippen molar-refractivity contribution in [3.8, 4) is 0 Å². The molecular weight excluding hydrogens is 285 g/mol. The molecular formula is C14H17ClFNO3. The third-order valence-corrected chi connectivity index (χ3v) is 2.52. The van der Waals surface area contributed by atoms with Gasteiger partial charge in [0.05, 0.1) is 5.56 Å². The van der Waals surface area contributed by atoms with Crippen LogP contribution in [0.4, 0.5) is 4.39 Å². The minimum atomic E-state index is -0.889. The van der Waals surface area contributed by atoms with Gasteiger partial charge in [-0.2, -0.15) is 0 Å². The summed E-state index contributed by atoms with van der Waals surface area (Å²) in [5.74, 6) is -2.01. The van der Waals surface area contributed by atoms with Gasteiger partial charge in [0.15, 0.2) is 0 Å². The van der Waals surface area contributed by atoms with Crippen molar-refractivity contribution in [2.45, 2.75) is 39.3 Å². The molecule has 0 saturated heterocycles. The van der Waals surface area contributed by atoms with Crippen LogP contribution < -0.4 is 5.32 Å². The van der Waals surface area contributed by atoms with E-state index < -0.39 is 29.3 Å². The average molecular weight is 302 g/mol. The third-order valence-electron chi connectivity index (χ3n) is 2.28. The van der Waals surface area contributed by atoms with Gasteiger partial charge in [-0.15, -0.1) is 0 Å². The lowest BCUT2D eigenvalue weighted by molar-refractivity contribution is -0.156. The van der Waals surface area contributed by atoms with Gasteiger partial charge in [-0.05, 0) is 45.9 Å². The van der Waals surface area contributed by atoms with Crippen LogP contribution in [0, 0.1) is 5.82 Å². The summed E-state index contributed by atoms with van der Waals surface area (Å²) in [5.41, 5.74) is -0.870. The largest absolute Gasteiger partial charge is 0.458 e. The van der Waals surface area contributed by atoms with Gasteiger partial charge in [0.2, 0.25) is 0 Å². The molecule has 1 rings (SSSR count). The molecule has 110 valence electrons. The Labute approximate surface area is 122 Å². The zero-order valence-electron chi connectivity index (χ0n) is 11.8. The summed E-state index contributed by atoms with van der Waals surface area (Å²) in [6.07, 6.45) is 0. The molecule has 0 unspecified atom stereocenters. The van der Waals surface area contributed by atoms with Crippen molar-refractivity contribution < 1.29 is 18.7 Å². The minimum Gasteiger partial charge on any atom is -0.458 e. The second-order valence-corrected chi connectivity index (χ2v) is 5.79. The molecule has 0 aliphatic heterocycles. The summed E-state index contributed by atoms with van der Waals surface area (Å²) < 4.78 is 18.6. The smallest absolute Gasteiger partial charge is 0.328 e. The summed E-state index contributed by atoms with van der Waals surface area (Å²) in [5, 5.41) is 2.61. The average Bonchev–Trinajstić information content (AvgIpc) is 2.29. The lowest BCUT2D eigenvalue weighted by atomic mass is 10.1. The van der Waals surface area contributed by atoms with Gasteiger partial charge in [-0.25, -0.2) is 9.18 Å². The summed E-state index contributed by atoms with van der Waals surface area (Å²) in [6, 6.07) is 2.74. The maximum atomic E-state index is 13.5. The lowest BCUT2D eigenvalue weighted by Gasteiger charge is -2.22. The van der Waals surface area contributed by atoms with Gasteiger partial charge < -0.3 is 10.1 Å². The molecule has 4 nitrogen and oxygen atoms in total. The normalized spacial score (nSPS) is 12.7. The van der Waals surface area contributed by atoms with Crippen LogP contribution in [0.2, 0.25) is 5.02 Å². The van der Waals surface area contributed by atoms with E-state index in [4.69, 9.17) is 16.3 Å². The monoisotopic (exact) mass is 301 g/mol. The van der Waals surface area contributed by atoms with Crippen LogP contribution in [0.1, 0.15) is 38.1 Å². The number of halogens is 2. The van der Waals surface area contributed by atoms with E-state index in [9.17, 15) is 14.0 Å². The predicted molar refractivity (Wildman–Crippen MR) is 74.2 cm³/mol. The van der Waals surface area contributed by atoms with E-state index in [2.05, 4.69) is 5.32 Å². The Morgan fingerprint density at radius 3 is 2.50 bits per heavy atom. The molecule has 6 heteroatoms. The van der Waals surface area contributed by atoms with E-state index in [1.807, 2.05) is 0 Å². The number of nitrogens with one attached hydrogen (secondary N) is 1. The SMILES string of the molecule is C[C@@H](NC(=O)c1cc(Cl)ccc1F)C(=O)OC(C)(C)C. The number of hydrogen-bond acceptors (Lipinski definition) is 3. The van der Waals surface area contributed by atoms with Crippen LogP contribution in [0.15, 0.2) is 18.2 Å². The van der Waals surface area contributed by atoms with Gasteiger partial charge in [-0.1, -0.05) is 11.6 Å².